The monoisotopic (exact) mass is 228 g/mol. The van der Waals surface area contributed by atoms with E-state index in [-0.39, 0.29) is 5.41 Å². The molecule has 0 radical (unpaired) electrons. The fourth-order valence-corrected chi connectivity index (χ4v) is 2.35. The van der Waals surface area contributed by atoms with Crippen LogP contribution in [0.15, 0.2) is 24.3 Å². The van der Waals surface area contributed by atoms with Crippen LogP contribution in [-0.4, -0.2) is 12.0 Å². The normalized spacial score (nSPS) is 12.6. The molecule has 14 heavy (non-hydrogen) atoms. The van der Waals surface area contributed by atoms with Crippen LogP contribution < -0.4 is 5.30 Å². The van der Waals surface area contributed by atoms with Crippen LogP contribution in [0.3, 0.4) is 0 Å². The lowest BCUT2D eigenvalue weighted by atomic mass is 9.87. The molecule has 0 aliphatic carbocycles. The third-order valence-corrected chi connectivity index (χ3v) is 3.92. The molecule has 0 bridgehead atoms. The average Bonchev–Trinajstić information content (AvgIpc) is 2.14. The summed E-state index contributed by atoms with van der Waals surface area (Å²) in [6.45, 7) is 6.72. The summed E-state index contributed by atoms with van der Waals surface area (Å²) >= 11 is 5.66. The molecule has 0 saturated carbocycles. The van der Waals surface area contributed by atoms with E-state index in [9.17, 15) is 0 Å². The summed E-state index contributed by atoms with van der Waals surface area (Å²) in [5, 5.41) is 1.42. The largest absolute Gasteiger partial charge is 0.126 e. The fraction of sp³-hybridized carbons (Fsp3) is 0.500. The predicted octanol–water partition coefficient (Wildman–Crippen LogP) is 3.53. The molecular weight excluding hydrogens is 211 g/mol. The molecule has 1 aromatic rings. The van der Waals surface area contributed by atoms with E-state index in [0.29, 0.717) is 0 Å². The van der Waals surface area contributed by atoms with Crippen LogP contribution in [0.4, 0.5) is 0 Å². The molecule has 0 aromatic heterocycles. The van der Waals surface area contributed by atoms with Crippen LogP contribution in [0.1, 0.15) is 26.3 Å². The highest BCUT2D eigenvalue weighted by molar-refractivity contribution is 7.47. The summed E-state index contributed by atoms with van der Waals surface area (Å²) in [6.07, 6.45) is 1.09. The molecule has 1 rings (SSSR count). The number of hydrogen-bond acceptors (Lipinski definition) is 0. The Labute approximate surface area is 93.8 Å². The van der Waals surface area contributed by atoms with Crippen LogP contribution in [0.5, 0.6) is 0 Å². The Morgan fingerprint density at radius 2 is 1.71 bits per heavy atom. The van der Waals surface area contributed by atoms with Gasteiger partial charge >= 0.3 is 0 Å². The van der Waals surface area contributed by atoms with Gasteiger partial charge in [-0.2, -0.15) is 0 Å². The zero-order valence-electron chi connectivity index (χ0n) is 9.10. The number of hydrogen-bond donors (Lipinski definition) is 0. The van der Waals surface area contributed by atoms with E-state index in [1.165, 1.54) is 10.9 Å². The van der Waals surface area contributed by atoms with Crippen LogP contribution in [-0.2, 0) is 5.41 Å². The summed E-state index contributed by atoms with van der Waals surface area (Å²) in [7, 11) is 0.852. The molecule has 2 heteroatoms. The van der Waals surface area contributed by atoms with Gasteiger partial charge < -0.3 is 0 Å². The molecule has 0 fully saturated rings. The van der Waals surface area contributed by atoms with E-state index in [1.807, 2.05) is 0 Å². The number of alkyl halides is 1. The molecular formula is C12H18ClP. The minimum atomic E-state index is 0.258. The van der Waals surface area contributed by atoms with Crippen LogP contribution >= 0.6 is 20.2 Å². The lowest BCUT2D eigenvalue weighted by Gasteiger charge is -2.19. The third-order valence-electron chi connectivity index (χ3n) is 2.17. The zero-order chi connectivity index (χ0) is 10.6. The molecule has 78 valence electrons. The van der Waals surface area contributed by atoms with Gasteiger partial charge in [0.05, 0.1) is 0 Å². The Kier molecular flexibility index (Phi) is 4.41. The van der Waals surface area contributed by atoms with E-state index >= 15 is 0 Å². The van der Waals surface area contributed by atoms with Crippen molar-refractivity contribution in [2.75, 3.05) is 12.0 Å². The maximum Gasteiger partial charge on any atom is 0.0263 e. The summed E-state index contributed by atoms with van der Waals surface area (Å²) in [5.74, 6) is 0.763. The van der Waals surface area contributed by atoms with Gasteiger partial charge in [-0.05, 0) is 22.4 Å². The second-order valence-corrected chi connectivity index (χ2v) is 6.25. The summed E-state index contributed by atoms with van der Waals surface area (Å²) in [4.78, 5) is 0. The highest BCUT2D eigenvalue weighted by atomic mass is 35.5. The molecule has 0 N–H and O–H groups in total. The minimum absolute atomic E-state index is 0.258. The summed E-state index contributed by atoms with van der Waals surface area (Å²) in [6, 6.07) is 8.92. The number of halogens is 1. The highest BCUT2D eigenvalue weighted by Gasteiger charge is 2.12. The van der Waals surface area contributed by atoms with Gasteiger partial charge in [0, 0.05) is 5.88 Å². The first kappa shape index (κ1) is 12.0. The lowest BCUT2D eigenvalue weighted by Crippen LogP contribution is -2.11. The SMILES string of the molecule is CC(C)(C)c1ccc(PCCCl)cc1. The maximum atomic E-state index is 5.66. The minimum Gasteiger partial charge on any atom is -0.126 e. The van der Waals surface area contributed by atoms with Gasteiger partial charge in [-0.15, -0.1) is 11.6 Å². The molecule has 0 aliphatic rings. The van der Waals surface area contributed by atoms with Crippen molar-refractivity contribution >= 4 is 25.5 Å². The number of rotatable bonds is 3. The van der Waals surface area contributed by atoms with Crippen LogP contribution in [0, 0.1) is 0 Å². The molecule has 0 saturated heterocycles. The van der Waals surface area contributed by atoms with Gasteiger partial charge in [0.1, 0.15) is 0 Å². The fourth-order valence-electron chi connectivity index (χ4n) is 1.28. The molecule has 0 heterocycles. The van der Waals surface area contributed by atoms with Crippen molar-refractivity contribution in [3.8, 4) is 0 Å². The number of benzene rings is 1. The van der Waals surface area contributed by atoms with Gasteiger partial charge in [0.15, 0.2) is 0 Å². The molecule has 0 aliphatic heterocycles. The molecule has 1 aromatic carbocycles. The Balaban J connectivity index is 2.69. The molecule has 0 amide bonds. The first-order valence-electron chi connectivity index (χ1n) is 4.94. The van der Waals surface area contributed by atoms with Crippen molar-refractivity contribution in [1.29, 1.82) is 0 Å². The van der Waals surface area contributed by atoms with Crippen molar-refractivity contribution in [2.24, 2.45) is 0 Å². The van der Waals surface area contributed by atoms with E-state index in [1.54, 1.807) is 0 Å². The summed E-state index contributed by atoms with van der Waals surface area (Å²) in [5.41, 5.74) is 1.66. The highest BCUT2D eigenvalue weighted by Crippen LogP contribution is 2.22. The standard InChI is InChI=1S/C12H18ClP/c1-12(2,3)10-4-6-11(7-5-10)14-9-8-13/h4-7,14H,8-9H2,1-3H3. The zero-order valence-corrected chi connectivity index (χ0v) is 10.9. The van der Waals surface area contributed by atoms with Gasteiger partial charge in [-0.3, -0.25) is 0 Å². The van der Waals surface area contributed by atoms with Gasteiger partial charge in [0.2, 0.25) is 0 Å². The van der Waals surface area contributed by atoms with E-state index in [4.69, 9.17) is 11.6 Å². The third kappa shape index (κ3) is 3.59. The maximum absolute atomic E-state index is 5.66. The van der Waals surface area contributed by atoms with Gasteiger partial charge in [-0.25, -0.2) is 0 Å². The van der Waals surface area contributed by atoms with Crippen molar-refractivity contribution in [3.63, 3.8) is 0 Å². The molecule has 1 atom stereocenters. The molecule has 1 unspecified atom stereocenters. The van der Waals surface area contributed by atoms with Gasteiger partial charge in [0.25, 0.3) is 0 Å². The summed E-state index contributed by atoms with van der Waals surface area (Å²) < 4.78 is 0. The second kappa shape index (κ2) is 5.14. The lowest BCUT2D eigenvalue weighted by molar-refractivity contribution is 0.590. The second-order valence-electron chi connectivity index (χ2n) is 4.44. The first-order valence-corrected chi connectivity index (χ1v) is 6.68. The Bertz CT molecular complexity index is 271. The van der Waals surface area contributed by atoms with Crippen molar-refractivity contribution in [3.05, 3.63) is 29.8 Å². The van der Waals surface area contributed by atoms with Crippen molar-refractivity contribution in [2.45, 2.75) is 26.2 Å². The van der Waals surface area contributed by atoms with Crippen LogP contribution in [0.25, 0.3) is 0 Å². The first-order chi connectivity index (χ1) is 6.54. The molecule has 0 nitrogen and oxygen atoms in total. The Hall–Kier alpha value is -0.0600. The average molecular weight is 229 g/mol. The van der Waals surface area contributed by atoms with E-state index in [0.717, 1.165) is 20.6 Å². The van der Waals surface area contributed by atoms with E-state index < -0.39 is 0 Å². The van der Waals surface area contributed by atoms with Crippen molar-refractivity contribution < 1.29 is 0 Å². The van der Waals surface area contributed by atoms with Gasteiger partial charge in [-0.1, -0.05) is 53.6 Å². The Morgan fingerprint density at radius 3 is 2.14 bits per heavy atom. The topological polar surface area (TPSA) is 0 Å². The smallest absolute Gasteiger partial charge is 0.0263 e. The van der Waals surface area contributed by atoms with E-state index in [2.05, 4.69) is 45.0 Å². The van der Waals surface area contributed by atoms with Crippen molar-refractivity contribution in [1.82, 2.24) is 0 Å². The molecule has 0 spiro atoms. The quantitative estimate of drug-likeness (QED) is 0.549. The predicted molar refractivity (Wildman–Crippen MR) is 68.7 cm³/mol. The Morgan fingerprint density at radius 1 is 1.14 bits per heavy atom. The van der Waals surface area contributed by atoms with Crippen LogP contribution in [0.2, 0.25) is 0 Å².